The van der Waals surface area contributed by atoms with Crippen molar-refractivity contribution in [1.29, 1.82) is 5.26 Å². The molecular weight excluding hydrogens is 517 g/mol. The first kappa shape index (κ1) is 27.3. The fourth-order valence-electron chi connectivity index (χ4n) is 3.95. The number of hydrogen-bond acceptors (Lipinski definition) is 8. The van der Waals surface area contributed by atoms with Crippen molar-refractivity contribution in [2.45, 2.75) is 26.1 Å². The molecule has 10 nitrogen and oxygen atoms in total. The summed E-state index contributed by atoms with van der Waals surface area (Å²) in [6.45, 7) is 1.40. The molecule has 0 unspecified atom stereocenters. The first-order valence-corrected chi connectivity index (χ1v) is 11.6. The van der Waals surface area contributed by atoms with Crippen LogP contribution in [0.2, 0.25) is 0 Å². The number of nitrogens with zero attached hydrogens (tertiary/aromatic N) is 5. The molecule has 0 atom stereocenters. The molecule has 0 aliphatic heterocycles. The van der Waals surface area contributed by atoms with Crippen molar-refractivity contribution >= 4 is 28.5 Å². The second-order valence-electron chi connectivity index (χ2n) is 8.63. The molecule has 202 valence electrons. The van der Waals surface area contributed by atoms with Crippen LogP contribution in [0.3, 0.4) is 0 Å². The number of anilines is 2. The van der Waals surface area contributed by atoms with Gasteiger partial charge in [-0.1, -0.05) is 0 Å². The summed E-state index contributed by atoms with van der Waals surface area (Å²) in [5, 5.41) is 12.6. The zero-order chi connectivity index (χ0) is 28.3. The van der Waals surface area contributed by atoms with Gasteiger partial charge in [-0.2, -0.15) is 18.4 Å². The Morgan fingerprint density at radius 1 is 1.23 bits per heavy atom. The Hall–Kier alpha value is -4.70. The van der Waals surface area contributed by atoms with E-state index in [4.69, 9.17) is 9.47 Å². The monoisotopic (exact) mass is 540 g/mol. The highest BCUT2D eigenvalue weighted by atomic mass is 19.4. The van der Waals surface area contributed by atoms with Gasteiger partial charge < -0.3 is 23.9 Å². The molecule has 0 saturated heterocycles. The number of rotatable bonds is 9. The number of nitrogens with one attached hydrogen (secondary N) is 1. The van der Waals surface area contributed by atoms with Gasteiger partial charge in [-0.15, -0.1) is 0 Å². The number of ketones is 1. The minimum atomic E-state index is -4.69. The molecule has 39 heavy (non-hydrogen) atoms. The van der Waals surface area contributed by atoms with Crippen molar-refractivity contribution in [3.63, 3.8) is 0 Å². The Labute approximate surface area is 220 Å². The number of methoxy groups -OCH3 is 1. The van der Waals surface area contributed by atoms with Gasteiger partial charge in [-0.05, 0) is 31.2 Å². The molecule has 1 aromatic carbocycles. The summed E-state index contributed by atoms with van der Waals surface area (Å²) in [5.41, 5.74) is -0.759. The number of Topliss-reactive ketones (excluding diaryl/α,β-unsaturated/α-hetero) is 1. The van der Waals surface area contributed by atoms with Crippen LogP contribution < -0.4 is 15.6 Å². The lowest BCUT2D eigenvalue weighted by Gasteiger charge is -2.14. The van der Waals surface area contributed by atoms with Crippen LogP contribution >= 0.6 is 0 Å². The maximum absolute atomic E-state index is 13.5. The summed E-state index contributed by atoms with van der Waals surface area (Å²) in [5.74, 6) is 0.527. The van der Waals surface area contributed by atoms with Crippen LogP contribution in [0, 0.1) is 11.3 Å². The van der Waals surface area contributed by atoms with Crippen molar-refractivity contribution in [2.24, 2.45) is 7.05 Å². The number of halogens is 3. The fourth-order valence-corrected chi connectivity index (χ4v) is 3.95. The normalized spacial score (nSPS) is 11.4. The number of ether oxygens (including phenoxy) is 2. The first-order valence-electron chi connectivity index (χ1n) is 11.6. The fraction of sp³-hybridized carbons (Fsp3) is 0.269. The average Bonchev–Trinajstić information content (AvgIpc) is 3.18. The zero-order valence-corrected chi connectivity index (χ0v) is 21.2. The molecule has 0 bridgehead atoms. The van der Waals surface area contributed by atoms with E-state index in [0.717, 1.165) is 10.8 Å². The predicted molar refractivity (Wildman–Crippen MR) is 135 cm³/mol. The van der Waals surface area contributed by atoms with Crippen LogP contribution in [0.25, 0.3) is 11.0 Å². The van der Waals surface area contributed by atoms with Gasteiger partial charge in [0.25, 0.3) is 5.56 Å². The molecule has 1 N–H and O–H groups in total. The van der Waals surface area contributed by atoms with E-state index in [0.29, 0.717) is 28.5 Å². The molecule has 0 amide bonds. The standard InChI is InChI=1S/C26H23F3N6O4/c1-15(36)10-17-12-18(6-7-31-17)39-22-5-4-20-23(19(22)13-30)34(2)25(32-20)33-21-11-16(26(27,28)29)14-35(24(21)37)8-9-38-3/h4-7,11-12,14H,8-10H2,1-3H3,(H,32,33). The SMILES string of the molecule is COCCn1cc(C(F)(F)F)cc(Nc2nc3ccc(Oc4ccnc(CC(C)=O)c4)c(C#N)c3n2C)c1=O. The summed E-state index contributed by atoms with van der Waals surface area (Å²) >= 11 is 0. The maximum Gasteiger partial charge on any atom is 0.417 e. The van der Waals surface area contributed by atoms with E-state index in [1.54, 1.807) is 25.2 Å². The number of hydrogen-bond donors (Lipinski definition) is 1. The molecule has 4 rings (SSSR count). The van der Waals surface area contributed by atoms with Gasteiger partial charge >= 0.3 is 6.18 Å². The largest absolute Gasteiger partial charge is 0.456 e. The molecule has 13 heteroatoms. The Morgan fingerprint density at radius 2 is 2.00 bits per heavy atom. The number of carbonyl (C=O) groups excluding carboxylic acids is 1. The van der Waals surface area contributed by atoms with Crippen molar-refractivity contribution in [1.82, 2.24) is 19.1 Å². The third-order valence-corrected chi connectivity index (χ3v) is 5.75. The van der Waals surface area contributed by atoms with Crippen molar-refractivity contribution in [3.8, 4) is 17.6 Å². The second kappa shape index (κ2) is 11.0. The molecule has 0 saturated carbocycles. The van der Waals surface area contributed by atoms with E-state index in [2.05, 4.69) is 21.4 Å². The Kier molecular flexibility index (Phi) is 7.68. The van der Waals surface area contributed by atoms with Crippen LogP contribution in [-0.4, -0.2) is 38.6 Å². The van der Waals surface area contributed by atoms with Gasteiger partial charge in [0.05, 0.1) is 28.9 Å². The highest BCUT2D eigenvalue weighted by Crippen LogP contribution is 2.34. The minimum Gasteiger partial charge on any atom is -0.456 e. The summed E-state index contributed by atoms with van der Waals surface area (Å²) < 4.78 is 53.8. The number of alkyl halides is 3. The minimum absolute atomic E-state index is 0.0367. The van der Waals surface area contributed by atoms with Crippen molar-refractivity contribution in [2.75, 3.05) is 19.0 Å². The molecule has 0 fully saturated rings. The molecule has 0 aliphatic rings. The third kappa shape index (κ3) is 5.91. The molecule has 0 spiro atoms. The average molecular weight is 541 g/mol. The van der Waals surface area contributed by atoms with Gasteiger partial charge in [0.2, 0.25) is 5.95 Å². The number of nitriles is 1. The Bertz CT molecular complexity index is 1650. The number of aromatic nitrogens is 4. The van der Waals surface area contributed by atoms with Gasteiger partial charge in [-0.3, -0.25) is 14.6 Å². The highest BCUT2D eigenvalue weighted by Gasteiger charge is 2.32. The van der Waals surface area contributed by atoms with E-state index in [1.807, 2.05) is 0 Å². The number of imidazole rings is 1. The van der Waals surface area contributed by atoms with Crippen molar-refractivity contribution in [3.05, 3.63) is 69.9 Å². The zero-order valence-electron chi connectivity index (χ0n) is 21.2. The van der Waals surface area contributed by atoms with E-state index >= 15 is 0 Å². The third-order valence-electron chi connectivity index (χ3n) is 5.75. The van der Waals surface area contributed by atoms with Gasteiger partial charge in [0.1, 0.15) is 34.6 Å². The van der Waals surface area contributed by atoms with E-state index in [-0.39, 0.29) is 48.3 Å². The Morgan fingerprint density at radius 3 is 2.67 bits per heavy atom. The highest BCUT2D eigenvalue weighted by molar-refractivity contribution is 5.87. The van der Waals surface area contributed by atoms with Crippen LogP contribution in [0.1, 0.15) is 23.7 Å². The maximum atomic E-state index is 13.5. The van der Waals surface area contributed by atoms with Crippen LogP contribution in [0.5, 0.6) is 11.5 Å². The number of benzene rings is 1. The van der Waals surface area contributed by atoms with Gasteiger partial charge in [0, 0.05) is 45.6 Å². The molecule has 0 aliphatic carbocycles. The lowest BCUT2D eigenvalue weighted by Crippen LogP contribution is -2.26. The summed E-state index contributed by atoms with van der Waals surface area (Å²) in [7, 11) is 2.93. The van der Waals surface area contributed by atoms with Crippen LogP contribution in [-0.2, 0) is 35.7 Å². The number of pyridine rings is 2. The summed E-state index contributed by atoms with van der Waals surface area (Å²) in [6.07, 6.45) is -2.35. The van der Waals surface area contributed by atoms with E-state index in [1.165, 1.54) is 30.9 Å². The Balaban J connectivity index is 1.74. The smallest absolute Gasteiger partial charge is 0.417 e. The van der Waals surface area contributed by atoms with Gasteiger partial charge in [-0.25, -0.2) is 4.98 Å². The molecule has 0 radical (unpaired) electrons. The molecule has 3 heterocycles. The lowest BCUT2D eigenvalue weighted by atomic mass is 10.1. The molecule has 3 aromatic heterocycles. The van der Waals surface area contributed by atoms with Crippen molar-refractivity contribution < 1.29 is 27.4 Å². The van der Waals surface area contributed by atoms with Gasteiger partial charge in [0.15, 0.2) is 0 Å². The van der Waals surface area contributed by atoms with E-state index in [9.17, 15) is 28.0 Å². The van der Waals surface area contributed by atoms with Crippen LogP contribution in [0.15, 0.2) is 47.5 Å². The topological polar surface area (TPSA) is 124 Å². The lowest BCUT2D eigenvalue weighted by molar-refractivity contribution is -0.138. The van der Waals surface area contributed by atoms with E-state index < -0.39 is 17.3 Å². The number of carbonyl (C=O) groups is 1. The van der Waals surface area contributed by atoms with Crippen LogP contribution in [0.4, 0.5) is 24.8 Å². The second-order valence-corrected chi connectivity index (χ2v) is 8.63. The quantitative estimate of drug-likeness (QED) is 0.333. The molecule has 4 aromatic rings. The predicted octanol–water partition coefficient (Wildman–Crippen LogP) is 4.33. The summed E-state index contributed by atoms with van der Waals surface area (Å²) in [4.78, 5) is 32.8. The number of aryl methyl sites for hydroxylation is 1. The first-order chi connectivity index (χ1) is 18.5. The number of fused-ring (bicyclic) bond motifs is 1. The molecular formula is C26H23F3N6O4. The summed E-state index contributed by atoms with van der Waals surface area (Å²) in [6, 6.07) is 9.08.